The van der Waals surface area contributed by atoms with Gasteiger partial charge in [-0.05, 0) is 38.3 Å². The molecule has 0 bridgehead atoms. The first-order chi connectivity index (χ1) is 10.0. The highest BCUT2D eigenvalue weighted by Crippen LogP contribution is 2.20. The van der Waals surface area contributed by atoms with E-state index in [0.29, 0.717) is 6.04 Å². The van der Waals surface area contributed by atoms with Crippen LogP contribution in [0.5, 0.6) is 0 Å². The van der Waals surface area contributed by atoms with Crippen LogP contribution in [0, 0.1) is 13.8 Å². The minimum absolute atomic E-state index is 0.0243. The molecule has 0 spiro atoms. The van der Waals surface area contributed by atoms with Gasteiger partial charge in [0.05, 0.1) is 0 Å². The molecule has 1 aliphatic rings. The van der Waals surface area contributed by atoms with E-state index < -0.39 is 0 Å². The Kier molecular flexibility index (Phi) is 5.23. The number of piperazine rings is 1. The monoisotopic (exact) mass is 289 g/mol. The average Bonchev–Trinajstić information content (AvgIpc) is 2.50. The lowest BCUT2D eigenvalue weighted by Gasteiger charge is -2.37. The van der Waals surface area contributed by atoms with E-state index in [1.807, 2.05) is 36.9 Å². The normalized spacial score (nSPS) is 17.6. The van der Waals surface area contributed by atoms with Crippen molar-refractivity contribution in [3.05, 3.63) is 29.3 Å². The summed E-state index contributed by atoms with van der Waals surface area (Å²) in [7, 11) is 0. The van der Waals surface area contributed by atoms with Gasteiger partial charge >= 0.3 is 6.03 Å². The van der Waals surface area contributed by atoms with Gasteiger partial charge in [0.2, 0.25) is 0 Å². The summed E-state index contributed by atoms with van der Waals surface area (Å²) in [6.07, 6.45) is 1.16. The number of nitrogens with one attached hydrogen (secondary N) is 1. The van der Waals surface area contributed by atoms with E-state index in [1.165, 1.54) is 0 Å². The fourth-order valence-electron chi connectivity index (χ4n) is 2.82. The highest BCUT2D eigenvalue weighted by molar-refractivity contribution is 5.91. The number of hydrogen-bond acceptors (Lipinski definition) is 2. The van der Waals surface area contributed by atoms with Crippen LogP contribution in [-0.2, 0) is 0 Å². The van der Waals surface area contributed by atoms with Crippen LogP contribution in [0.25, 0.3) is 0 Å². The van der Waals surface area contributed by atoms with Gasteiger partial charge in [-0.15, -0.1) is 0 Å². The molecule has 4 heteroatoms. The molecule has 0 saturated carbocycles. The lowest BCUT2D eigenvalue weighted by molar-refractivity contribution is 0.117. The summed E-state index contributed by atoms with van der Waals surface area (Å²) in [5.41, 5.74) is 3.18. The topological polar surface area (TPSA) is 35.6 Å². The third kappa shape index (κ3) is 3.76. The van der Waals surface area contributed by atoms with Crippen molar-refractivity contribution in [3.8, 4) is 0 Å². The molecule has 1 atom stereocenters. The van der Waals surface area contributed by atoms with Crippen LogP contribution >= 0.6 is 0 Å². The molecular weight excluding hydrogens is 262 g/mol. The van der Waals surface area contributed by atoms with Crippen molar-refractivity contribution in [3.63, 3.8) is 0 Å². The zero-order valence-electron chi connectivity index (χ0n) is 13.6. The van der Waals surface area contributed by atoms with Gasteiger partial charge in [-0.2, -0.15) is 0 Å². The second-order valence-corrected chi connectivity index (χ2v) is 5.98. The molecule has 1 heterocycles. The van der Waals surface area contributed by atoms with Gasteiger partial charge < -0.3 is 10.2 Å². The number of para-hydroxylation sites is 1. The van der Waals surface area contributed by atoms with Crippen molar-refractivity contribution >= 4 is 11.7 Å². The molecule has 0 aliphatic carbocycles. The third-order valence-electron chi connectivity index (χ3n) is 4.53. The molecule has 116 valence electrons. The number of benzene rings is 1. The van der Waals surface area contributed by atoms with Crippen molar-refractivity contribution in [2.24, 2.45) is 0 Å². The van der Waals surface area contributed by atoms with E-state index >= 15 is 0 Å². The maximum absolute atomic E-state index is 12.4. The maximum atomic E-state index is 12.4. The number of rotatable bonds is 3. The Balaban J connectivity index is 1.94. The Labute approximate surface area is 128 Å². The Morgan fingerprint density at radius 3 is 2.29 bits per heavy atom. The molecule has 1 aliphatic heterocycles. The van der Waals surface area contributed by atoms with Crippen LogP contribution in [0.3, 0.4) is 0 Å². The van der Waals surface area contributed by atoms with Crippen LogP contribution < -0.4 is 5.32 Å². The number of hydrogen-bond donors (Lipinski definition) is 1. The minimum atomic E-state index is 0.0243. The van der Waals surface area contributed by atoms with Crippen molar-refractivity contribution in [2.45, 2.75) is 40.2 Å². The Morgan fingerprint density at radius 2 is 1.76 bits per heavy atom. The van der Waals surface area contributed by atoms with E-state index in [0.717, 1.165) is 49.4 Å². The van der Waals surface area contributed by atoms with Crippen LogP contribution in [0.1, 0.15) is 31.4 Å². The van der Waals surface area contributed by atoms with Crippen molar-refractivity contribution in [1.29, 1.82) is 0 Å². The summed E-state index contributed by atoms with van der Waals surface area (Å²) in [5.74, 6) is 0. The van der Waals surface area contributed by atoms with Crippen LogP contribution in [0.4, 0.5) is 10.5 Å². The minimum Gasteiger partial charge on any atom is -0.322 e. The first-order valence-electron chi connectivity index (χ1n) is 7.89. The van der Waals surface area contributed by atoms with Gasteiger partial charge in [-0.25, -0.2) is 4.79 Å². The van der Waals surface area contributed by atoms with Crippen LogP contribution in [0.15, 0.2) is 18.2 Å². The molecule has 1 fully saturated rings. The van der Waals surface area contributed by atoms with Crippen LogP contribution in [-0.4, -0.2) is 48.1 Å². The number of urea groups is 1. The lowest BCUT2D eigenvalue weighted by Crippen LogP contribution is -2.52. The second kappa shape index (κ2) is 6.94. The van der Waals surface area contributed by atoms with Gasteiger partial charge in [0.1, 0.15) is 0 Å². The summed E-state index contributed by atoms with van der Waals surface area (Å²) in [6, 6.07) is 6.71. The zero-order chi connectivity index (χ0) is 15.4. The third-order valence-corrected chi connectivity index (χ3v) is 4.53. The molecule has 1 saturated heterocycles. The molecule has 1 unspecified atom stereocenters. The molecule has 1 aromatic rings. The van der Waals surface area contributed by atoms with Gasteiger partial charge in [-0.1, -0.05) is 25.1 Å². The van der Waals surface area contributed by atoms with E-state index in [2.05, 4.69) is 24.1 Å². The SMILES string of the molecule is CCC(C)N1CCN(C(=O)Nc2c(C)cccc2C)CC1. The van der Waals surface area contributed by atoms with Gasteiger partial charge in [-0.3, -0.25) is 4.90 Å². The first-order valence-corrected chi connectivity index (χ1v) is 7.89. The lowest BCUT2D eigenvalue weighted by atomic mass is 10.1. The number of nitrogens with zero attached hydrogens (tertiary/aromatic N) is 2. The van der Waals surface area contributed by atoms with E-state index in [-0.39, 0.29) is 6.03 Å². The molecular formula is C17H27N3O. The summed E-state index contributed by atoms with van der Waals surface area (Å²) < 4.78 is 0. The van der Waals surface area contributed by atoms with Crippen molar-refractivity contribution < 1.29 is 4.79 Å². The molecule has 0 radical (unpaired) electrons. The largest absolute Gasteiger partial charge is 0.322 e. The molecule has 4 nitrogen and oxygen atoms in total. The predicted molar refractivity (Wildman–Crippen MR) is 87.8 cm³/mol. The second-order valence-electron chi connectivity index (χ2n) is 5.98. The fraction of sp³-hybridized carbons (Fsp3) is 0.588. The highest BCUT2D eigenvalue weighted by atomic mass is 16.2. The number of amides is 2. The smallest absolute Gasteiger partial charge is 0.321 e. The highest BCUT2D eigenvalue weighted by Gasteiger charge is 2.23. The first kappa shape index (κ1) is 15.8. The zero-order valence-corrected chi connectivity index (χ0v) is 13.6. The fourth-order valence-corrected chi connectivity index (χ4v) is 2.82. The van der Waals surface area contributed by atoms with Gasteiger partial charge in [0, 0.05) is 37.9 Å². The summed E-state index contributed by atoms with van der Waals surface area (Å²) in [4.78, 5) is 16.8. The maximum Gasteiger partial charge on any atom is 0.321 e. The molecule has 21 heavy (non-hydrogen) atoms. The molecule has 1 N–H and O–H groups in total. The van der Waals surface area contributed by atoms with Gasteiger partial charge in [0.15, 0.2) is 0 Å². The number of carbonyl (C=O) groups excluding carboxylic acids is 1. The van der Waals surface area contributed by atoms with E-state index in [9.17, 15) is 4.79 Å². The summed E-state index contributed by atoms with van der Waals surface area (Å²) in [6.45, 7) is 12.1. The molecule has 0 aromatic heterocycles. The quantitative estimate of drug-likeness (QED) is 0.927. The number of aryl methyl sites for hydroxylation is 2. The Morgan fingerprint density at radius 1 is 1.19 bits per heavy atom. The average molecular weight is 289 g/mol. The van der Waals surface area contributed by atoms with Crippen LogP contribution in [0.2, 0.25) is 0 Å². The predicted octanol–water partition coefficient (Wildman–Crippen LogP) is 3.25. The Hall–Kier alpha value is -1.55. The standard InChI is InChI=1S/C17H27N3O/c1-5-15(4)19-9-11-20(12-10-19)17(21)18-16-13(2)7-6-8-14(16)3/h6-8,15H,5,9-12H2,1-4H3,(H,18,21). The Bertz CT molecular complexity index is 473. The van der Waals surface area contributed by atoms with E-state index in [1.54, 1.807) is 0 Å². The molecule has 1 aromatic carbocycles. The molecule has 2 amide bonds. The number of anilines is 1. The van der Waals surface area contributed by atoms with Crippen molar-refractivity contribution in [1.82, 2.24) is 9.80 Å². The molecule has 2 rings (SSSR count). The van der Waals surface area contributed by atoms with Gasteiger partial charge in [0.25, 0.3) is 0 Å². The number of carbonyl (C=O) groups is 1. The van der Waals surface area contributed by atoms with E-state index in [4.69, 9.17) is 0 Å². The van der Waals surface area contributed by atoms with Crippen molar-refractivity contribution in [2.75, 3.05) is 31.5 Å². The summed E-state index contributed by atoms with van der Waals surface area (Å²) in [5, 5.41) is 3.07. The summed E-state index contributed by atoms with van der Waals surface area (Å²) >= 11 is 0.